The van der Waals surface area contributed by atoms with E-state index >= 15 is 0 Å². The lowest BCUT2D eigenvalue weighted by molar-refractivity contribution is 0.0827. The monoisotopic (exact) mass is 394 g/mol. The van der Waals surface area contributed by atoms with Crippen LogP contribution >= 0.6 is 0 Å². The van der Waals surface area contributed by atoms with E-state index in [1.807, 2.05) is 43.4 Å². The van der Waals surface area contributed by atoms with E-state index < -0.39 is 0 Å². The van der Waals surface area contributed by atoms with Gasteiger partial charge in [-0.05, 0) is 41.8 Å². The first-order chi connectivity index (χ1) is 14.0. The summed E-state index contributed by atoms with van der Waals surface area (Å²) >= 11 is 0. The number of rotatable bonds is 5. The maximum atomic E-state index is 12.0. The number of aliphatic imine (C=N–C) groups is 1. The number of nitrogens with one attached hydrogen (secondary N) is 1. The van der Waals surface area contributed by atoms with E-state index in [0.29, 0.717) is 18.0 Å². The first-order valence-corrected chi connectivity index (χ1v) is 9.92. The molecule has 6 heteroatoms. The van der Waals surface area contributed by atoms with Gasteiger partial charge in [0.1, 0.15) is 5.75 Å². The maximum Gasteiger partial charge on any atom is 0.253 e. The Kier molecular flexibility index (Phi) is 6.75. The molecule has 1 aliphatic heterocycles. The molecule has 154 valence electrons. The average molecular weight is 395 g/mol. The van der Waals surface area contributed by atoms with Crippen molar-refractivity contribution in [2.24, 2.45) is 4.99 Å². The lowest BCUT2D eigenvalue weighted by Gasteiger charge is -2.22. The molecule has 0 spiro atoms. The Balaban J connectivity index is 1.56. The number of carbonyl (C=O) groups excluding carboxylic acids is 1. The number of amides is 1. The Bertz CT molecular complexity index is 844. The van der Waals surface area contributed by atoms with Gasteiger partial charge in [0.15, 0.2) is 5.96 Å². The van der Waals surface area contributed by atoms with Crippen LogP contribution in [0, 0.1) is 0 Å². The molecule has 3 rings (SSSR count). The molecule has 1 heterocycles. The molecule has 1 atom stereocenters. The van der Waals surface area contributed by atoms with Crippen LogP contribution in [0.4, 0.5) is 0 Å². The van der Waals surface area contributed by atoms with E-state index in [-0.39, 0.29) is 5.91 Å². The minimum atomic E-state index is 0.0157. The summed E-state index contributed by atoms with van der Waals surface area (Å²) in [6.07, 6.45) is 1.11. The van der Waals surface area contributed by atoms with E-state index in [1.165, 1.54) is 5.56 Å². The van der Waals surface area contributed by atoms with Gasteiger partial charge >= 0.3 is 0 Å². The molecule has 0 radical (unpaired) electrons. The molecule has 1 unspecified atom stereocenters. The fraction of sp³-hybridized carbons (Fsp3) is 0.391. The largest absolute Gasteiger partial charge is 0.497 e. The molecule has 1 saturated heterocycles. The molecule has 1 amide bonds. The fourth-order valence-electron chi connectivity index (χ4n) is 3.64. The van der Waals surface area contributed by atoms with Crippen molar-refractivity contribution >= 4 is 11.9 Å². The van der Waals surface area contributed by atoms with Crippen LogP contribution in [0.1, 0.15) is 33.8 Å². The standard InChI is InChI=1S/C23H30N4O2/c1-24-23(25-15-17-5-7-19(8-6-17)22(28)26(2)3)27-14-13-20(16-27)18-9-11-21(29-4)12-10-18/h5-12,20H,13-16H2,1-4H3,(H,24,25). The number of methoxy groups -OCH3 is 1. The highest BCUT2D eigenvalue weighted by Gasteiger charge is 2.26. The van der Waals surface area contributed by atoms with Crippen molar-refractivity contribution < 1.29 is 9.53 Å². The zero-order valence-corrected chi connectivity index (χ0v) is 17.7. The Morgan fingerprint density at radius 1 is 1.17 bits per heavy atom. The second kappa shape index (κ2) is 9.45. The molecule has 2 aromatic rings. The molecular formula is C23H30N4O2. The van der Waals surface area contributed by atoms with Crippen LogP contribution in [0.5, 0.6) is 5.75 Å². The second-order valence-corrected chi connectivity index (χ2v) is 7.50. The predicted molar refractivity (Wildman–Crippen MR) is 117 cm³/mol. The molecule has 29 heavy (non-hydrogen) atoms. The van der Waals surface area contributed by atoms with Crippen molar-refractivity contribution in [3.05, 3.63) is 65.2 Å². The summed E-state index contributed by atoms with van der Waals surface area (Å²) in [6, 6.07) is 16.1. The number of carbonyl (C=O) groups is 1. The van der Waals surface area contributed by atoms with Crippen LogP contribution in [-0.4, -0.2) is 63.0 Å². The summed E-state index contributed by atoms with van der Waals surface area (Å²) in [5, 5.41) is 3.45. The normalized spacial score (nSPS) is 16.6. The summed E-state index contributed by atoms with van der Waals surface area (Å²) in [5.41, 5.74) is 3.15. The average Bonchev–Trinajstić information content (AvgIpc) is 3.24. The number of likely N-dealkylation sites (tertiary alicyclic amines) is 1. The minimum Gasteiger partial charge on any atom is -0.497 e. The lowest BCUT2D eigenvalue weighted by atomic mass is 9.98. The molecule has 1 fully saturated rings. The zero-order chi connectivity index (χ0) is 20.8. The van der Waals surface area contributed by atoms with Gasteiger partial charge in [-0.1, -0.05) is 24.3 Å². The topological polar surface area (TPSA) is 57.2 Å². The first kappa shape index (κ1) is 20.7. The highest BCUT2D eigenvalue weighted by Crippen LogP contribution is 2.28. The van der Waals surface area contributed by atoms with Gasteiger partial charge in [-0.3, -0.25) is 9.79 Å². The number of hydrogen-bond donors (Lipinski definition) is 1. The van der Waals surface area contributed by atoms with Gasteiger partial charge < -0.3 is 19.9 Å². The SMILES string of the molecule is CN=C(NCc1ccc(C(=O)N(C)C)cc1)N1CCC(c2ccc(OC)cc2)C1. The van der Waals surface area contributed by atoms with Gasteiger partial charge in [0, 0.05) is 52.3 Å². The van der Waals surface area contributed by atoms with E-state index in [1.54, 1.807) is 26.1 Å². The zero-order valence-electron chi connectivity index (χ0n) is 17.7. The van der Waals surface area contributed by atoms with E-state index in [0.717, 1.165) is 36.8 Å². The number of nitrogens with zero attached hydrogens (tertiary/aromatic N) is 3. The second-order valence-electron chi connectivity index (χ2n) is 7.50. The van der Waals surface area contributed by atoms with Gasteiger partial charge in [-0.25, -0.2) is 0 Å². The third-order valence-electron chi connectivity index (χ3n) is 5.34. The summed E-state index contributed by atoms with van der Waals surface area (Å²) < 4.78 is 5.25. The highest BCUT2D eigenvalue weighted by atomic mass is 16.5. The van der Waals surface area contributed by atoms with Gasteiger partial charge in [-0.15, -0.1) is 0 Å². The third kappa shape index (κ3) is 5.08. The molecule has 1 aliphatic rings. The molecule has 0 aromatic heterocycles. The molecule has 6 nitrogen and oxygen atoms in total. The molecule has 1 N–H and O–H groups in total. The Labute approximate surface area is 173 Å². The number of ether oxygens (including phenoxy) is 1. The van der Waals surface area contributed by atoms with E-state index in [2.05, 4.69) is 27.3 Å². The van der Waals surface area contributed by atoms with Crippen molar-refractivity contribution in [2.75, 3.05) is 41.3 Å². The van der Waals surface area contributed by atoms with Crippen LogP contribution in [0.3, 0.4) is 0 Å². The summed E-state index contributed by atoms with van der Waals surface area (Å²) in [7, 11) is 7.03. The number of benzene rings is 2. The van der Waals surface area contributed by atoms with Gasteiger partial charge in [0.2, 0.25) is 0 Å². The number of guanidine groups is 1. The van der Waals surface area contributed by atoms with Crippen LogP contribution in [0.15, 0.2) is 53.5 Å². The fourth-order valence-corrected chi connectivity index (χ4v) is 3.64. The van der Waals surface area contributed by atoms with Crippen molar-refractivity contribution in [2.45, 2.75) is 18.9 Å². The van der Waals surface area contributed by atoms with Crippen LogP contribution in [0.2, 0.25) is 0 Å². The van der Waals surface area contributed by atoms with Gasteiger partial charge in [0.25, 0.3) is 5.91 Å². The Morgan fingerprint density at radius 2 is 1.86 bits per heavy atom. The predicted octanol–water partition coefficient (Wildman–Crippen LogP) is 2.96. The summed E-state index contributed by atoms with van der Waals surface area (Å²) in [4.78, 5) is 20.4. The van der Waals surface area contributed by atoms with Crippen LogP contribution < -0.4 is 10.1 Å². The summed E-state index contributed by atoms with van der Waals surface area (Å²) in [5.74, 6) is 2.31. The highest BCUT2D eigenvalue weighted by molar-refractivity contribution is 5.93. The van der Waals surface area contributed by atoms with E-state index in [9.17, 15) is 4.79 Å². The Morgan fingerprint density at radius 3 is 2.45 bits per heavy atom. The number of hydrogen-bond acceptors (Lipinski definition) is 3. The van der Waals surface area contributed by atoms with Crippen LogP contribution in [0.25, 0.3) is 0 Å². The third-order valence-corrected chi connectivity index (χ3v) is 5.34. The molecule has 2 aromatic carbocycles. The Hall–Kier alpha value is -3.02. The summed E-state index contributed by atoms with van der Waals surface area (Å²) in [6.45, 7) is 2.60. The van der Waals surface area contributed by atoms with Gasteiger partial charge in [0.05, 0.1) is 7.11 Å². The smallest absolute Gasteiger partial charge is 0.253 e. The first-order valence-electron chi connectivity index (χ1n) is 9.92. The van der Waals surface area contributed by atoms with E-state index in [4.69, 9.17) is 4.74 Å². The molecule has 0 saturated carbocycles. The lowest BCUT2D eigenvalue weighted by Crippen LogP contribution is -2.39. The van der Waals surface area contributed by atoms with Crippen molar-refractivity contribution in [1.82, 2.24) is 15.1 Å². The van der Waals surface area contributed by atoms with Crippen molar-refractivity contribution in [1.29, 1.82) is 0 Å². The van der Waals surface area contributed by atoms with Crippen LogP contribution in [-0.2, 0) is 6.54 Å². The molecule has 0 aliphatic carbocycles. The maximum absolute atomic E-state index is 12.0. The quantitative estimate of drug-likeness (QED) is 0.626. The molecular weight excluding hydrogens is 364 g/mol. The van der Waals surface area contributed by atoms with Gasteiger partial charge in [-0.2, -0.15) is 0 Å². The molecule has 0 bridgehead atoms. The van der Waals surface area contributed by atoms with Crippen molar-refractivity contribution in [3.8, 4) is 5.75 Å². The minimum absolute atomic E-state index is 0.0157. The van der Waals surface area contributed by atoms with Crippen molar-refractivity contribution in [3.63, 3.8) is 0 Å².